The zero-order valence-corrected chi connectivity index (χ0v) is 15.7. The fourth-order valence-corrected chi connectivity index (χ4v) is 2.69. The van der Waals surface area contributed by atoms with Crippen LogP contribution in [-0.2, 0) is 13.0 Å². The van der Waals surface area contributed by atoms with Gasteiger partial charge in [0.05, 0.1) is 6.61 Å². The molecular formula is C21H28N4O. The van der Waals surface area contributed by atoms with Gasteiger partial charge in [0.1, 0.15) is 5.75 Å². The Morgan fingerprint density at radius 2 is 2.12 bits per heavy atom. The molecule has 0 spiro atoms. The molecule has 2 N–H and O–H groups in total. The molecule has 0 radical (unpaired) electrons. The Balaban J connectivity index is 1.49. The lowest BCUT2D eigenvalue weighted by Gasteiger charge is -2.15. The van der Waals surface area contributed by atoms with Gasteiger partial charge in [-0.3, -0.25) is 9.98 Å². The molecule has 5 nitrogen and oxygen atoms in total. The monoisotopic (exact) mass is 352 g/mol. The summed E-state index contributed by atoms with van der Waals surface area (Å²) in [6.45, 7) is 4.39. The van der Waals surface area contributed by atoms with Crippen molar-refractivity contribution in [3.8, 4) is 5.75 Å². The molecule has 0 saturated heterocycles. The largest absolute Gasteiger partial charge is 0.493 e. The standard InChI is InChI=1S/C21H28N4O/c1-16-6-9-18(20(13-16)26-15-17-7-8-17)14-25-21(22-2)24-12-10-19-5-3-4-11-23-19/h3-6,9,11,13,17H,7-8,10,12,14-15H2,1-2H3,(H2,22,24,25). The molecule has 0 bridgehead atoms. The van der Waals surface area contributed by atoms with Gasteiger partial charge >= 0.3 is 0 Å². The number of ether oxygens (including phenoxy) is 1. The van der Waals surface area contributed by atoms with E-state index in [1.54, 1.807) is 7.05 Å². The van der Waals surface area contributed by atoms with Crippen molar-refractivity contribution in [2.45, 2.75) is 32.7 Å². The Morgan fingerprint density at radius 1 is 1.23 bits per heavy atom. The maximum absolute atomic E-state index is 6.04. The Morgan fingerprint density at radius 3 is 2.85 bits per heavy atom. The molecule has 0 unspecified atom stereocenters. The summed E-state index contributed by atoms with van der Waals surface area (Å²) in [7, 11) is 1.79. The van der Waals surface area contributed by atoms with E-state index in [4.69, 9.17) is 4.74 Å². The van der Waals surface area contributed by atoms with Crippen molar-refractivity contribution < 1.29 is 4.74 Å². The normalized spacial score (nSPS) is 14.2. The lowest BCUT2D eigenvalue weighted by molar-refractivity contribution is 0.296. The Bertz CT molecular complexity index is 726. The predicted molar refractivity (Wildman–Crippen MR) is 106 cm³/mol. The van der Waals surface area contributed by atoms with Crippen LogP contribution in [-0.4, -0.2) is 31.1 Å². The fourth-order valence-electron chi connectivity index (χ4n) is 2.69. The van der Waals surface area contributed by atoms with Crippen LogP contribution in [0.1, 0.15) is 29.7 Å². The maximum atomic E-state index is 6.04. The molecular weight excluding hydrogens is 324 g/mol. The number of aliphatic imine (C=N–C) groups is 1. The van der Waals surface area contributed by atoms with Gasteiger partial charge in [0, 0.05) is 44.0 Å². The van der Waals surface area contributed by atoms with Crippen molar-refractivity contribution in [2.24, 2.45) is 10.9 Å². The number of aromatic nitrogens is 1. The van der Waals surface area contributed by atoms with Crippen LogP contribution < -0.4 is 15.4 Å². The van der Waals surface area contributed by atoms with E-state index in [1.165, 1.54) is 18.4 Å². The first-order valence-electron chi connectivity index (χ1n) is 9.31. The van der Waals surface area contributed by atoms with Crippen LogP contribution in [0.3, 0.4) is 0 Å². The molecule has 138 valence electrons. The van der Waals surface area contributed by atoms with Crippen molar-refractivity contribution in [1.82, 2.24) is 15.6 Å². The molecule has 26 heavy (non-hydrogen) atoms. The smallest absolute Gasteiger partial charge is 0.191 e. The minimum atomic E-state index is 0.684. The summed E-state index contributed by atoms with van der Waals surface area (Å²) in [4.78, 5) is 8.64. The van der Waals surface area contributed by atoms with Crippen LogP contribution in [0.15, 0.2) is 47.6 Å². The van der Waals surface area contributed by atoms with E-state index in [9.17, 15) is 0 Å². The SMILES string of the molecule is CN=C(NCCc1ccccn1)NCc1ccc(C)cc1OCC1CC1. The third kappa shape index (κ3) is 5.76. The van der Waals surface area contributed by atoms with Crippen molar-refractivity contribution in [2.75, 3.05) is 20.2 Å². The topological polar surface area (TPSA) is 58.5 Å². The molecule has 1 saturated carbocycles. The fraction of sp³-hybridized carbons (Fsp3) is 0.429. The first-order valence-corrected chi connectivity index (χ1v) is 9.31. The van der Waals surface area contributed by atoms with Crippen molar-refractivity contribution in [1.29, 1.82) is 0 Å². The molecule has 1 fully saturated rings. The predicted octanol–water partition coefficient (Wildman–Crippen LogP) is 3.09. The third-order valence-electron chi connectivity index (χ3n) is 4.46. The summed E-state index contributed by atoms with van der Waals surface area (Å²) in [6.07, 6.45) is 5.28. The summed E-state index contributed by atoms with van der Waals surface area (Å²) in [5, 5.41) is 6.71. The number of aryl methyl sites for hydroxylation is 1. The van der Waals surface area contributed by atoms with Crippen LogP contribution in [0.4, 0.5) is 0 Å². The first kappa shape index (κ1) is 18.2. The van der Waals surface area contributed by atoms with Crippen molar-refractivity contribution in [3.63, 3.8) is 0 Å². The molecule has 1 aliphatic carbocycles. The molecule has 5 heteroatoms. The second kappa shape index (κ2) is 9.22. The van der Waals surface area contributed by atoms with Crippen molar-refractivity contribution in [3.05, 3.63) is 59.4 Å². The average Bonchev–Trinajstić information content (AvgIpc) is 3.49. The summed E-state index contributed by atoms with van der Waals surface area (Å²) in [5.74, 6) is 2.51. The number of nitrogens with zero attached hydrogens (tertiary/aromatic N) is 2. The summed E-state index contributed by atoms with van der Waals surface area (Å²) in [5.41, 5.74) is 3.45. The maximum Gasteiger partial charge on any atom is 0.191 e. The lowest BCUT2D eigenvalue weighted by atomic mass is 10.1. The van der Waals surface area contributed by atoms with Gasteiger partial charge in [-0.25, -0.2) is 0 Å². The zero-order chi connectivity index (χ0) is 18.2. The second-order valence-corrected chi connectivity index (χ2v) is 6.79. The average molecular weight is 352 g/mol. The number of nitrogens with one attached hydrogen (secondary N) is 2. The van der Waals surface area contributed by atoms with Crippen LogP contribution in [0.5, 0.6) is 5.75 Å². The number of benzene rings is 1. The number of hydrogen-bond acceptors (Lipinski definition) is 3. The zero-order valence-electron chi connectivity index (χ0n) is 15.7. The number of rotatable bonds is 8. The van der Waals surface area contributed by atoms with Gasteiger partial charge in [0.25, 0.3) is 0 Å². The van der Waals surface area contributed by atoms with Gasteiger partial charge in [-0.05, 0) is 49.4 Å². The lowest BCUT2D eigenvalue weighted by Crippen LogP contribution is -2.38. The van der Waals surface area contributed by atoms with Gasteiger partial charge in [-0.1, -0.05) is 18.2 Å². The summed E-state index contributed by atoms with van der Waals surface area (Å²) >= 11 is 0. The van der Waals surface area contributed by atoms with E-state index in [2.05, 4.69) is 45.7 Å². The van der Waals surface area contributed by atoms with E-state index in [0.29, 0.717) is 6.54 Å². The highest BCUT2D eigenvalue weighted by molar-refractivity contribution is 5.79. The Kier molecular flexibility index (Phi) is 6.47. The quantitative estimate of drug-likeness (QED) is 0.566. The molecule has 1 aromatic carbocycles. The second-order valence-electron chi connectivity index (χ2n) is 6.79. The van der Waals surface area contributed by atoms with Crippen LogP contribution in [0.25, 0.3) is 0 Å². The van der Waals surface area contributed by atoms with E-state index in [1.807, 2.05) is 24.4 Å². The summed E-state index contributed by atoms with van der Waals surface area (Å²) < 4.78 is 6.04. The van der Waals surface area contributed by atoms with Crippen LogP contribution >= 0.6 is 0 Å². The highest BCUT2D eigenvalue weighted by Gasteiger charge is 2.22. The van der Waals surface area contributed by atoms with E-state index in [-0.39, 0.29) is 0 Å². The van der Waals surface area contributed by atoms with Gasteiger partial charge in [0.2, 0.25) is 0 Å². The van der Waals surface area contributed by atoms with Gasteiger partial charge in [-0.15, -0.1) is 0 Å². The third-order valence-corrected chi connectivity index (χ3v) is 4.46. The Labute approximate surface area is 155 Å². The van der Waals surface area contributed by atoms with Gasteiger partial charge in [0.15, 0.2) is 5.96 Å². The minimum Gasteiger partial charge on any atom is -0.493 e. The molecule has 0 atom stereocenters. The molecule has 0 aliphatic heterocycles. The number of pyridine rings is 1. The highest BCUT2D eigenvalue weighted by Crippen LogP contribution is 2.30. The van der Waals surface area contributed by atoms with Gasteiger partial charge < -0.3 is 15.4 Å². The van der Waals surface area contributed by atoms with Crippen LogP contribution in [0, 0.1) is 12.8 Å². The van der Waals surface area contributed by atoms with Gasteiger partial charge in [-0.2, -0.15) is 0 Å². The minimum absolute atomic E-state index is 0.684. The van der Waals surface area contributed by atoms with Crippen LogP contribution in [0.2, 0.25) is 0 Å². The molecule has 1 aliphatic rings. The Hall–Kier alpha value is -2.56. The molecule has 0 amide bonds. The first-order chi connectivity index (χ1) is 12.7. The molecule has 3 rings (SSSR count). The molecule has 1 aromatic heterocycles. The molecule has 1 heterocycles. The van der Waals surface area contributed by atoms with Crippen molar-refractivity contribution >= 4 is 5.96 Å². The van der Waals surface area contributed by atoms with E-state index in [0.717, 1.165) is 48.5 Å². The summed E-state index contributed by atoms with van der Waals surface area (Å²) in [6, 6.07) is 12.4. The molecule has 2 aromatic rings. The highest BCUT2D eigenvalue weighted by atomic mass is 16.5. The number of guanidine groups is 1. The van der Waals surface area contributed by atoms with E-state index < -0.39 is 0 Å². The number of hydrogen-bond donors (Lipinski definition) is 2. The van der Waals surface area contributed by atoms with E-state index >= 15 is 0 Å².